The monoisotopic (exact) mass is 514 g/mol. The molecule has 2 heterocycles. The van der Waals surface area contributed by atoms with Gasteiger partial charge in [0, 0.05) is 43.4 Å². The van der Waals surface area contributed by atoms with Crippen LogP contribution in [0.1, 0.15) is 24.0 Å². The van der Waals surface area contributed by atoms with Crippen LogP contribution in [-0.2, 0) is 22.7 Å². The number of hydrogen-bond donors (Lipinski definition) is 1. The van der Waals surface area contributed by atoms with Crippen molar-refractivity contribution in [2.45, 2.75) is 38.2 Å². The molecule has 37 heavy (non-hydrogen) atoms. The summed E-state index contributed by atoms with van der Waals surface area (Å²) in [6.45, 7) is 0.804. The standard InChI is InChI=1S/C24H26N4O9/c29-21-11-22(26(13-21)24(31)37-15-17-3-7-20(8-4-17)28(34)35)18-9-10-25(12-18)23(30)36-14-16-1-5-19(6-2-16)27(32)33/h1-8,18,21-22,29H,9-15H2/t18?,21-,22+/m1/s1. The van der Waals surface area contributed by atoms with E-state index in [1.165, 1.54) is 53.4 Å². The number of nitro groups is 2. The highest BCUT2D eigenvalue weighted by Crippen LogP contribution is 2.32. The Morgan fingerprint density at radius 2 is 1.38 bits per heavy atom. The Kier molecular flexibility index (Phi) is 7.82. The number of aliphatic hydroxyl groups excluding tert-OH is 1. The Balaban J connectivity index is 1.28. The molecule has 0 saturated carbocycles. The van der Waals surface area contributed by atoms with Crippen molar-refractivity contribution in [3.8, 4) is 0 Å². The largest absolute Gasteiger partial charge is 0.445 e. The van der Waals surface area contributed by atoms with Gasteiger partial charge in [-0.15, -0.1) is 0 Å². The lowest BCUT2D eigenvalue weighted by Gasteiger charge is -2.28. The van der Waals surface area contributed by atoms with Crippen molar-refractivity contribution in [2.75, 3.05) is 19.6 Å². The maximum absolute atomic E-state index is 12.8. The molecule has 0 bridgehead atoms. The quantitative estimate of drug-likeness (QED) is 0.431. The lowest BCUT2D eigenvalue weighted by molar-refractivity contribution is -0.385. The summed E-state index contributed by atoms with van der Waals surface area (Å²) >= 11 is 0. The van der Waals surface area contributed by atoms with Crippen LogP contribution in [0, 0.1) is 26.1 Å². The van der Waals surface area contributed by atoms with Gasteiger partial charge in [0.1, 0.15) is 13.2 Å². The molecule has 0 spiro atoms. The number of hydrogen-bond acceptors (Lipinski definition) is 9. The highest BCUT2D eigenvalue weighted by Gasteiger charge is 2.43. The van der Waals surface area contributed by atoms with Gasteiger partial charge in [0.25, 0.3) is 11.4 Å². The first-order valence-corrected chi connectivity index (χ1v) is 11.7. The summed E-state index contributed by atoms with van der Waals surface area (Å²) in [5.41, 5.74) is 1.11. The van der Waals surface area contributed by atoms with Gasteiger partial charge in [-0.3, -0.25) is 20.2 Å². The van der Waals surface area contributed by atoms with E-state index in [1.54, 1.807) is 4.90 Å². The van der Waals surface area contributed by atoms with Gasteiger partial charge in [-0.2, -0.15) is 0 Å². The van der Waals surface area contributed by atoms with Crippen LogP contribution in [0.15, 0.2) is 48.5 Å². The zero-order valence-electron chi connectivity index (χ0n) is 19.8. The molecule has 196 valence electrons. The lowest BCUT2D eigenvalue weighted by Crippen LogP contribution is -2.42. The van der Waals surface area contributed by atoms with Crippen LogP contribution in [0.2, 0.25) is 0 Å². The molecule has 2 aromatic rings. The first-order valence-electron chi connectivity index (χ1n) is 11.7. The van der Waals surface area contributed by atoms with Crippen LogP contribution < -0.4 is 0 Å². The van der Waals surface area contributed by atoms with Crippen molar-refractivity contribution >= 4 is 23.6 Å². The molecule has 2 saturated heterocycles. The van der Waals surface area contributed by atoms with E-state index in [-0.39, 0.29) is 43.1 Å². The average Bonchev–Trinajstić information content (AvgIpc) is 3.53. The predicted molar refractivity (Wildman–Crippen MR) is 127 cm³/mol. The molecule has 2 aliphatic heterocycles. The fourth-order valence-electron chi connectivity index (χ4n) is 4.66. The summed E-state index contributed by atoms with van der Waals surface area (Å²) in [5, 5.41) is 31.8. The van der Waals surface area contributed by atoms with Crippen molar-refractivity contribution in [2.24, 2.45) is 5.92 Å². The number of likely N-dealkylation sites (tertiary alicyclic amines) is 2. The van der Waals surface area contributed by atoms with E-state index >= 15 is 0 Å². The molecule has 1 N–H and O–H groups in total. The van der Waals surface area contributed by atoms with E-state index in [0.29, 0.717) is 37.1 Å². The molecule has 0 aliphatic carbocycles. The molecule has 4 rings (SSSR count). The number of ether oxygens (including phenoxy) is 2. The zero-order valence-corrected chi connectivity index (χ0v) is 19.8. The van der Waals surface area contributed by atoms with E-state index in [0.717, 1.165) is 0 Å². The Hall–Kier alpha value is -4.26. The maximum atomic E-state index is 12.8. The second-order valence-electron chi connectivity index (χ2n) is 9.06. The van der Waals surface area contributed by atoms with Gasteiger partial charge < -0.3 is 24.4 Å². The third kappa shape index (κ3) is 6.30. The van der Waals surface area contributed by atoms with Crippen LogP contribution in [-0.4, -0.2) is 68.7 Å². The summed E-state index contributed by atoms with van der Waals surface area (Å²) in [6, 6.07) is 11.1. The van der Waals surface area contributed by atoms with Crippen molar-refractivity contribution in [3.63, 3.8) is 0 Å². The van der Waals surface area contributed by atoms with Crippen molar-refractivity contribution in [1.82, 2.24) is 9.80 Å². The number of aliphatic hydroxyl groups is 1. The van der Waals surface area contributed by atoms with E-state index in [4.69, 9.17) is 9.47 Å². The normalized spacial score (nSPS) is 21.1. The molecule has 0 aromatic heterocycles. The Labute approximate surface area is 211 Å². The van der Waals surface area contributed by atoms with Crippen molar-refractivity contribution < 1.29 is 34.0 Å². The van der Waals surface area contributed by atoms with Gasteiger partial charge >= 0.3 is 12.2 Å². The molecular formula is C24H26N4O9. The number of β-amino-alcohol motifs (C(OH)–C–C–N with tert-alkyl or cyclic N) is 1. The van der Waals surface area contributed by atoms with Gasteiger partial charge in [-0.05, 0) is 54.2 Å². The molecule has 2 aliphatic rings. The molecule has 0 radical (unpaired) electrons. The summed E-state index contributed by atoms with van der Waals surface area (Å²) in [5.74, 6) is -0.0731. The first kappa shape index (κ1) is 25.8. The van der Waals surface area contributed by atoms with Crippen LogP contribution in [0.5, 0.6) is 0 Å². The molecule has 3 atom stereocenters. The number of carbonyl (C=O) groups excluding carboxylic acids is 2. The van der Waals surface area contributed by atoms with Gasteiger partial charge in [0.2, 0.25) is 0 Å². The maximum Gasteiger partial charge on any atom is 0.410 e. The molecule has 13 heteroatoms. The molecule has 1 unspecified atom stereocenters. The number of nitrogens with zero attached hydrogens (tertiary/aromatic N) is 4. The molecular weight excluding hydrogens is 488 g/mol. The predicted octanol–water partition coefficient (Wildman–Crippen LogP) is 3.23. The third-order valence-corrected chi connectivity index (χ3v) is 6.60. The Morgan fingerprint density at radius 3 is 1.89 bits per heavy atom. The minimum atomic E-state index is -0.708. The van der Waals surface area contributed by atoms with Gasteiger partial charge in [0.15, 0.2) is 0 Å². The highest BCUT2D eigenvalue weighted by molar-refractivity contribution is 5.69. The van der Waals surface area contributed by atoms with E-state index in [9.17, 15) is 34.9 Å². The van der Waals surface area contributed by atoms with Gasteiger partial charge in [0.05, 0.1) is 22.5 Å². The topological polar surface area (TPSA) is 166 Å². The summed E-state index contributed by atoms with van der Waals surface area (Å²) in [4.78, 5) is 48.9. The minimum Gasteiger partial charge on any atom is -0.445 e. The Morgan fingerprint density at radius 1 is 0.865 bits per heavy atom. The van der Waals surface area contributed by atoms with Crippen molar-refractivity contribution in [3.05, 3.63) is 79.9 Å². The van der Waals surface area contributed by atoms with Crippen LogP contribution in [0.4, 0.5) is 21.0 Å². The summed E-state index contributed by atoms with van der Waals surface area (Å²) in [6.07, 6.45) is -0.843. The molecule has 2 fully saturated rings. The van der Waals surface area contributed by atoms with Gasteiger partial charge in [-0.25, -0.2) is 9.59 Å². The molecule has 13 nitrogen and oxygen atoms in total. The van der Waals surface area contributed by atoms with E-state index < -0.39 is 28.1 Å². The van der Waals surface area contributed by atoms with Crippen LogP contribution >= 0.6 is 0 Å². The number of nitro benzene ring substituents is 2. The summed E-state index contributed by atoms with van der Waals surface area (Å²) in [7, 11) is 0. The SMILES string of the molecule is O=C(OCc1ccc([N+](=O)[O-])cc1)N1CCC([C@@H]2C[C@@H](O)CN2C(=O)OCc2ccc([N+](=O)[O-])cc2)C1. The fourth-order valence-corrected chi connectivity index (χ4v) is 4.66. The van der Waals surface area contributed by atoms with Crippen LogP contribution in [0.25, 0.3) is 0 Å². The second-order valence-corrected chi connectivity index (χ2v) is 9.06. The smallest absolute Gasteiger partial charge is 0.410 e. The summed E-state index contributed by atoms with van der Waals surface area (Å²) < 4.78 is 10.7. The number of carbonyl (C=O) groups is 2. The first-order chi connectivity index (χ1) is 17.7. The molecule has 2 aromatic carbocycles. The van der Waals surface area contributed by atoms with E-state index in [2.05, 4.69) is 0 Å². The fraction of sp³-hybridized carbons (Fsp3) is 0.417. The second kappa shape index (κ2) is 11.2. The highest BCUT2D eigenvalue weighted by atomic mass is 16.6. The van der Waals surface area contributed by atoms with Crippen molar-refractivity contribution in [1.29, 1.82) is 0 Å². The zero-order chi connectivity index (χ0) is 26.5. The Bertz CT molecular complexity index is 1160. The van der Waals surface area contributed by atoms with Crippen LogP contribution in [0.3, 0.4) is 0 Å². The van der Waals surface area contributed by atoms with Gasteiger partial charge in [-0.1, -0.05) is 0 Å². The number of non-ortho nitro benzene ring substituents is 2. The lowest BCUT2D eigenvalue weighted by atomic mass is 9.96. The molecule has 2 amide bonds. The number of amides is 2. The number of benzene rings is 2. The number of rotatable bonds is 7. The average molecular weight is 514 g/mol. The minimum absolute atomic E-state index is 0.0266. The third-order valence-electron chi connectivity index (χ3n) is 6.60. The van der Waals surface area contributed by atoms with E-state index in [1.807, 2.05) is 0 Å².